The van der Waals surface area contributed by atoms with E-state index in [1.165, 1.54) is 0 Å². The van der Waals surface area contributed by atoms with Crippen molar-refractivity contribution >= 4 is 5.78 Å². The van der Waals surface area contributed by atoms with Crippen LogP contribution in [0.1, 0.15) is 47.7 Å². The van der Waals surface area contributed by atoms with Gasteiger partial charge in [0.25, 0.3) is 0 Å². The van der Waals surface area contributed by atoms with Gasteiger partial charge in [-0.05, 0) is 32.4 Å². The van der Waals surface area contributed by atoms with Crippen molar-refractivity contribution < 1.29 is 9.53 Å². The molecule has 0 saturated carbocycles. The van der Waals surface area contributed by atoms with Crippen LogP contribution in [0, 0.1) is 13.8 Å². The Morgan fingerprint density at radius 2 is 1.76 bits per heavy atom. The summed E-state index contributed by atoms with van der Waals surface area (Å²) in [6.45, 7) is 7.45. The molecule has 0 heterocycles. The van der Waals surface area contributed by atoms with Crippen molar-refractivity contribution in [2.75, 3.05) is 13.2 Å². The summed E-state index contributed by atoms with van der Waals surface area (Å²) in [5.41, 5.74) is 3.09. The van der Waals surface area contributed by atoms with Gasteiger partial charge in [0.05, 0.1) is 6.61 Å². The lowest BCUT2D eigenvalue weighted by molar-refractivity contribution is 0.0873. The minimum atomic E-state index is 0.174. The molecule has 0 N–H and O–H groups in total. The van der Waals surface area contributed by atoms with Gasteiger partial charge in [-0.15, -0.1) is 0 Å². The molecule has 0 aliphatic carbocycles. The van der Waals surface area contributed by atoms with Crippen LogP contribution in [-0.2, 0) is 4.74 Å². The Balaban J connectivity index is 2.41. The van der Waals surface area contributed by atoms with E-state index in [-0.39, 0.29) is 5.78 Å². The molecule has 0 unspecified atom stereocenters. The molecule has 0 aliphatic rings. The first-order valence-electron chi connectivity index (χ1n) is 6.32. The van der Waals surface area contributed by atoms with Crippen LogP contribution in [0.5, 0.6) is 0 Å². The van der Waals surface area contributed by atoms with Crippen molar-refractivity contribution in [3.05, 3.63) is 34.9 Å². The highest BCUT2D eigenvalue weighted by Gasteiger charge is 2.06. The van der Waals surface area contributed by atoms with Crippen molar-refractivity contribution in [1.29, 1.82) is 0 Å². The average Bonchev–Trinajstić information content (AvgIpc) is 2.27. The lowest BCUT2D eigenvalue weighted by Gasteiger charge is -2.05. The molecule has 0 bridgehead atoms. The summed E-state index contributed by atoms with van der Waals surface area (Å²) >= 11 is 0. The van der Waals surface area contributed by atoms with Crippen molar-refractivity contribution in [2.24, 2.45) is 0 Å². The first-order valence-corrected chi connectivity index (χ1v) is 6.32. The molecule has 1 rings (SSSR count). The third-order valence-corrected chi connectivity index (χ3v) is 2.66. The van der Waals surface area contributed by atoms with Crippen LogP contribution < -0.4 is 0 Å². The number of ether oxygens (including phenoxy) is 1. The van der Waals surface area contributed by atoms with E-state index in [1.54, 1.807) is 0 Å². The molecule has 0 aliphatic heterocycles. The van der Waals surface area contributed by atoms with Gasteiger partial charge in [0.1, 0.15) is 0 Å². The maximum Gasteiger partial charge on any atom is 0.165 e. The van der Waals surface area contributed by atoms with Gasteiger partial charge in [0, 0.05) is 18.6 Å². The number of ketones is 1. The molecule has 0 radical (unpaired) electrons. The number of carbonyl (C=O) groups is 1. The van der Waals surface area contributed by atoms with E-state index in [0.29, 0.717) is 13.0 Å². The van der Waals surface area contributed by atoms with Crippen molar-refractivity contribution in [2.45, 2.75) is 40.0 Å². The molecule has 1 aromatic carbocycles. The van der Waals surface area contributed by atoms with Crippen LogP contribution in [0.25, 0.3) is 0 Å². The number of rotatable bonds is 7. The Morgan fingerprint density at radius 3 is 2.35 bits per heavy atom. The van der Waals surface area contributed by atoms with Gasteiger partial charge >= 0.3 is 0 Å². The fraction of sp³-hybridized carbons (Fsp3) is 0.533. The van der Waals surface area contributed by atoms with Crippen LogP contribution >= 0.6 is 0 Å². The van der Waals surface area contributed by atoms with Gasteiger partial charge in [-0.25, -0.2) is 0 Å². The molecule has 0 atom stereocenters. The fourth-order valence-corrected chi connectivity index (χ4v) is 1.79. The van der Waals surface area contributed by atoms with Gasteiger partial charge in [0.15, 0.2) is 5.78 Å². The second-order valence-electron chi connectivity index (χ2n) is 4.52. The third-order valence-electron chi connectivity index (χ3n) is 2.66. The van der Waals surface area contributed by atoms with Crippen molar-refractivity contribution in [3.8, 4) is 0 Å². The molecule has 1 aromatic rings. The molecule has 0 amide bonds. The Labute approximate surface area is 104 Å². The first-order chi connectivity index (χ1) is 8.13. The maximum atomic E-state index is 11.9. The molecule has 2 nitrogen and oxygen atoms in total. The summed E-state index contributed by atoms with van der Waals surface area (Å²) in [5.74, 6) is 0.174. The van der Waals surface area contributed by atoms with Gasteiger partial charge in [-0.1, -0.05) is 30.5 Å². The maximum absolute atomic E-state index is 11.9. The lowest BCUT2D eigenvalue weighted by atomic mass is 10.0. The van der Waals surface area contributed by atoms with E-state index < -0.39 is 0 Å². The predicted octanol–water partition coefficient (Wildman–Crippen LogP) is 3.69. The summed E-state index contributed by atoms with van der Waals surface area (Å²) in [5, 5.41) is 0. The molecule has 0 fully saturated rings. The summed E-state index contributed by atoms with van der Waals surface area (Å²) < 4.78 is 5.41. The van der Waals surface area contributed by atoms with E-state index in [9.17, 15) is 4.79 Å². The van der Waals surface area contributed by atoms with E-state index in [0.717, 1.165) is 36.1 Å². The zero-order chi connectivity index (χ0) is 12.7. The zero-order valence-corrected chi connectivity index (χ0v) is 11.1. The Bertz CT molecular complexity index is 349. The SMILES string of the molecule is CCCCOCCC(=O)c1cc(C)cc(C)c1. The molecular formula is C15H22O2. The smallest absolute Gasteiger partial charge is 0.165 e. The summed E-state index contributed by atoms with van der Waals surface area (Å²) in [6.07, 6.45) is 2.68. The monoisotopic (exact) mass is 234 g/mol. The first kappa shape index (κ1) is 13.9. The fourth-order valence-electron chi connectivity index (χ4n) is 1.79. The number of unbranched alkanes of at least 4 members (excludes halogenated alkanes) is 1. The van der Waals surface area contributed by atoms with E-state index in [1.807, 2.05) is 26.0 Å². The van der Waals surface area contributed by atoms with Crippen LogP contribution in [-0.4, -0.2) is 19.0 Å². The molecule has 0 aromatic heterocycles. The van der Waals surface area contributed by atoms with Gasteiger partial charge in [-0.2, -0.15) is 0 Å². The van der Waals surface area contributed by atoms with Crippen LogP contribution in [0.2, 0.25) is 0 Å². The largest absolute Gasteiger partial charge is 0.381 e. The van der Waals surface area contributed by atoms with E-state index in [4.69, 9.17) is 4.74 Å². The summed E-state index contributed by atoms with van der Waals surface area (Å²) in [6, 6.07) is 5.97. The van der Waals surface area contributed by atoms with Crippen LogP contribution in [0.15, 0.2) is 18.2 Å². The number of Topliss-reactive ketones (excluding diaryl/α,β-unsaturated/α-hetero) is 1. The van der Waals surface area contributed by atoms with E-state index in [2.05, 4.69) is 13.0 Å². The quantitative estimate of drug-likeness (QED) is 0.531. The number of aryl methyl sites for hydroxylation is 2. The van der Waals surface area contributed by atoms with Gasteiger partial charge < -0.3 is 4.74 Å². The summed E-state index contributed by atoms with van der Waals surface area (Å²) in [7, 11) is 0. The second-order valence-corrected chi connectivity index (χ2v) is 4.52. The zero-order valence-electron chi connectivity index (χ0n) is 11.1. The summed E-state index contributed by atoms with van der Waals surface area (Å²) in [4.78, 5) is 11.9. The highest BCUT2D eigenvalue weighted by molar-refractivity contribution is 5.96. The minimum absolute atomic E-state index is 0.174. The molecule has 0 saturated heterocycles. The number of hydrogen-bond donors (Lipinski definition) is 0. The molecule has 0 spiro atoms. The van der Waals surface area contributed by atoms with Crippen LogP contribution in [0.4, 0.5) is 0 Å². The highest BCUT2D eigenvalue weighted by atomic mass is 16.5. The van der Waals surface area contributed by atoms with E-state index >= 15 is 0 Å². The molecular weight excluding hydrogens is 212 g/mol. The molecule has 17 heavy (non-hydrogen) atoms. The second kappa shape index (κ2) is 7.23. The number of hydrogen-bond acceptors (Lipinski definition) is 2. The van der Waals surface area contributed by atoms with Crippen LogP contribution in [0.3, 0.4) is 0 Å². The Hall–Kier alpha value is -1.15. The normalized spacial score (nSPS) is 10.5. The highest BCUT2D eigenvalue weighted by Crippen LogP contribution is 2.11. The number of benzene rings is 1. The Morgan fingerprint density at radius 1 is 1.12 bits per heavy atom. The van der Waals surface area contributed by atoms with Crippen molar-refractivity contribution in [3.63, 3.8) is 0 Å². The third kappa shape index (κ3) is 5.14. The topological polar surface area (TPSA) is 26.3 Å². The van der Waals surface area contributed by atoms with Gasteiger partial charge in [0.2, 0.25) is 0 Å². The average molecular weight is 234 g/mol. The standard InChI is InChI=1S/C15H22O2/c1-4-5-7-17-8-6-15(16)14-10-12(2)9-13(3)11-14/h9-11H,4-8H2,1-3H3. The number of carbonyl (C=O) groups excluding carboxylic acids is 1. The van der Waals surface area contributed by atoms with Crippen molar-refractivity contribution in [1.82, 2.24) is 0 Å². The van der Waals surface area contributed by atoms with Gasteiger partial charge in [-0.3, -0.25) is 4.79 Å². The molecule has 2 heteroatoms. The Kier molecular flexibility index (Phi) is 5.92. The minimum Gasteiger partial charge on any atom is -0.381 e. The molecule has 94 valence electrons. The lowest BCUT2D eigenvalue weighted by Crippen LogP contribution is -2.06. The predicted molar refractivity (Wildman–Crippen MR) is 70.6 cm³/mol.